The van der Waals surface area contributed by atoms with Crippen LogP contribution in [0.25, 0.3) is 0 Å². The SMILES string of the molecule is CCN(CC(=O)N1CCc2ccccc2C1)Cc1cccs1. The number of carbonyl (C=O) groups is 1. The van der Waals surface area contributed by atoms with E-state index in [1.165, 1.54) is 16.0 Å². The summed E-state index contributed by atoms with van der Waals surface area (Å²) in [6.45, 7) is 5.99. The second kappa shape index (κ2) is 7.07. The maximum Gasteiger partial charge on any atom is 0.237 e. The van der Waals surface area contributed by atoms with Gasteiger partial charge in [-0.1, -0.05) is 37.3 Å². The van der Waals surface area contributed by atoms with Crippen LogP contribution < -0.4 is 0 Å². The predicted octanol–water partition coefficient (Wildman–Crippen LogP) is 3.15. The molecule has 1 aliphatic heterocycles. The summed E-state index contributed by atoms with van der Waals surface area (Å²) in [6, 6.07) is 12.6. The van der Waals surface area contributed by atoms with Crippen LogP contribution in [0.3, 0.4) is 0 Å². The zero-order chi connectivity index (χ0) is 15.4. The van der Waals surface area contributed by atoms with E-state index < -0.39 is 0 Å². The van der Waals surface area contributed by atoms with E-state index in [0.717, 1.165) is 32.6 Å². The molecule has 0 aliphatic carbocycles. The third-order valence-electron chi connectivity index (χ3n) is 4.25. The van der Waals surface area contributed by atoms with Crippen LogP contribution in [0.1, 0.15) is 22.9 Å². The van der Waals surface area contributed by atoms with E-state index in [9.17, 15) is 4.79 Å². The highest BCUT2D eigenvalue weighted by molar-refractivity contribution is 7.09. The fourth-order valence-corrected chi connectivity index (χ4v) is 3.65. The topological polar surface area (TPSA) is 23.6 Å². The van der Waals surface area contributed by atoms with Gasteiger partial charge >= 0.3 is 0 Å². The number of benzene rings is 1. The van der Waals surface area contributed by atoms with Gasteiger partial charge in [-0.05, 0) is 35.5 Å². The van der Waals surface area contributed by atoms with Crippen molar-refractivity contribution in [1.82, 2.24) is 9.80 Å². The van der Waals surface area contributed by atoms with Crippen molar-refractivity contribution in [2.45, 2.75) is 26.4 Å². The number of nitrogens with zero attached hydrogens (tertiary/aromatic N) is 2. The second-order valence-electron chi connectivity index (χ2n) is 5.72. The summed E-state index contributed by atoms with van der Waals surface area (Å²) in [5, 5.41) is 2.09. The summed E-state index contributed by atoms with van der Waals surface area (Å²) < 4.78 is 0. The van der Waals surface area contributed by atoms with Crippen molar-refractivity contribution in [3.8, 4) is 0 Å². The molecule has 1 amide bonds. The van der Waals surface area contributed by atoms with Crippen LogP contribution in [-0.4, -0.2) is 35.3 Å². The van der Waals surface area contributed by atoms with Crippen molar-refractivity contribution >= 4 is 17.2 Å². The van der Waals surface area contributed by atoms with E-state index in [1.807, 2.05) is 4.90 Å². The Hall–Kier alpha value is -1.65. The molecular formula is C18H22N2OS. The van der Waals surface area contributed by atoms with E-state index in [2.05, 4.69) is 53.6 Å². The third-order valence-corrected chi connectivity index (χ3v) is 5.11. The quantitative estimate of drug-likeness (QED) is 0.846. The average Bonchev–Trinajstić information content (AvgIpc) is 3.06. The number of rotatable bonds is 5. The van der Waals surface area contributed by atoms with Crippen molar-refractivity contribution in [1.29, 1.82) is 0 Å². The third kappa shape index (κ3) is 3.57. The average molecular weight is 314 g/mol. The monoisotopic (exact) mass is 314 g/mol. The fourth-order valence-electron chi connectivity index (χ4n) is 2.90. The first-order valence-corrected chi connectivity index (χ1v) is 8.73. The van der Waals surface area contributed by atoms with Crippen LogP contribution in [0.15, 0.2) is 41.8 Å². The molecule has 116 valence electrons. The summed E-state index contributed by atoms with van der Waals surface area (Å²) in [7, 11) is 0. The van der Waals surface area contributed by atoms with Crippen LogP contribution in [0.2, 0.25) is 0 Å². The number of likely N-dealkylation sites (N-methyl/N-ethyl adjacent to an activating group) is 1. The van der Waals surface area contributed by atoms with Gasteiger partial charge in [-0.15, -0.1) is 11.3 Å². The van der Waals surface area contributed by atoms with Gasteiger partial charge in [-0.25, -0.2) is 0 Å². The molecule has 0 fully saturated rings. The lowest BCUT2D eigenvalue weighted by molar-refractivity contribution is -0.133. The van der Waals surface area contributed by atoms with Crippen molar-refractivity contribution in [2.24, 2.45) is 0 Å². The number of thiophene rings is 1. The van der Waals surface area contributed by atoms with Crippen LogP contribution in [0.4, 0.5) is 0 Å². The Morgan fingerprint density at radius 1 is 1.23 bits per heavy atom. The highest BCUT2D eigenvalue weighted by atomic mass is 32.1. The molecular weight excluding hydrogens is 292 g/mol. The Bertz CT molecular complexity index is 624. The van der Waals surface area contributed by atoms with Crippen LogP contribution in [0, 0.1) is 0 Å². The molecule has 2 heterocycles. The summed E-state index contributed by atoms with van der Waals surface area (Å²) in [4.78, 5) is 18.1. The molecule has 2 aromatic rings. The molecule has 0 saturated carbocycles. The van der Waals surface area contributed by atoms with E-state index in [1.54, 1.807) is 11.3 Å². The molecule has 1 aromatic carbocycles. The van der Waals surface area contributed by atoms with Gasteiger partial charge in [0.15, 0.2) is 0 Å². The molecule has 3 nitrogen and oxygen atoms in total. The minimum Gasteiger partial charge on any atom is -0.337 e. The van der Waals surface area contributed by atoms with Gasteiger partial charge in [0.05, 0.1) is 6.54 Å². The molecule has 0 unspecified atom stereocenters. The van der Waals surface area contributed by atoms with Gasteiger partial charge in [-0.3, -0.25) is 9.69 Å². The van der Waals surface area contributed by atoms with Gasteiger partial charge in [0, 0.05) is 24.5 Å². The minimum atomic E-state index is 0.243. The molecule has 0 bridgehead atoms. The Labute approximate surface area is 136 Å². The van der Waals surface area contributed by atoms with Gasteiger partial charge in [0.2, 0.25) is 5.91 Å². The van der Waals surface area contributed by atoms with Crippen molar-refractivity contribution in [3.05, 3.63) is 57.8 Å². The summed E-state index contributed by atoms with van der Waals surface area (Å²) in [6.07, 6.45) is 0.971. The molecule has 0 atom stereocenters. The second-order valence-corrected chi connectivity index (χ2v) is 6.75. The summed E-state index contributed by atoms with van der Waals surface area (Å²) in [5.41, 5.74) is 2.68. The lowest BCUT2D eigenvalue weighted by Crippen LogP contribution is -2.42. The van der Waals surface area contributed by atoms with Crippen molar-refractivity contribution < 1.29 is 4.79 Å². The molecule has 0 spiro atoms. The van der Waals surface area contributed by atoms with E-state index in [4.69, 9.17) is 0 Å². The first-order valence-electron chi connectivity index (χ1n) is 7.85. The predicted molar refractivity (Wildman–Crippen MR) is 90.8 cm³/mol. The summed E-state index contributed by atoms with van der Waals surface area (Å²) in [5.74, 6) is 0.243. The van der Waals surface area contributed by atoms with E-state index >= 15 is 0 Å². The minimum absolute atomic E-state index is 0.243. The number of hydrogen-bond donors (Lipinski definition) is 0. The molecule has 4 heteroatoms. The fraction of sp³-hybridized carbons (Fsp3) is 0.389. The number of carbonyl (C=O) groups excluding carboxylic acids is 1. The Morgan fingerprint density at radius 3 is 2.77 bits per heavy atom. The zero-order valence-corrected chi connectivity index (χ0v) is 13.8. The summed E-state index contributed by atoms with van der Waals surface area (Å²) >= 11 is 1.75. The van der Waals surface area contributed by atoms with Crippen molar-refractivity contribution in [2.75, 3.05) is 19.6 Å². The molecule has 1 aromatic heterocycles. The number of amides is 1. The van der Waals surface area contributed by atoms with Crippen molar-refractivity contribution in [3.63, 3.8) is 0 Å². The van der Waals surface area contributed by atoms with Crippen LogP contribution in [-0.2, 0) is 24.3 Å². The molecule has 3 rings (SSSR count). The van der Waals surface area contributed by atoms with Crippen LogP contribution in [0.5, 0.6) is 0 Å². The first-order chi connectivity index (χ1) is 10.8. The lowest BCUT2D eigenvalue weighted by atomic mass is 10.00. The van der Waals surface area contributed by atoms with Gasteiger partial charge in [0.1, 0.15) is 0 Å². The lowest BCUT2D eigenvalue weighted by Gasteiger charge is -2.31. The molecule has 1 aliphatic rings. The zero-order valence-electron chi connectivity index (χ0n) is 13.0. The number of hydrogen-bond acceptors (Lipinski definition) is 3. The van der Waals surface area contributed by atoms with E-state index in [0.29, 0.717) is 6.54 Å². The van der Waals surface area contributed by atoms with Crippen LogP contribution >= 0.6 is 11.3 Å². The molecule has 0 saturated heterocycles. The molecule has 0 N–H and O–H groups in total. The molecule has 0 radical (unpaired) electrons. The Morgan fingerprint density at radius 2 is 2.05 bits per heavy atom. The maximum atomic E-state index is 12.6. The maximum absolute atomic E-state index is 12.6. The first kappa shape index (κ1) is 15.3. The van der Waals surface area contributed by atoms with Gasteiger partial charge in [0.25, 0.3) is 0 Å². The van der Waals surface area contributed by atoms with E-state index in [-0.39, 0.29) is 5.91 Å². The number of fused-ring (bicyclic) bond motifs is 1. The Balaban J connectivity index is 1.59. The highest BCUT2D eigenvalue weighted by Gasteiger charge is 2.21. The standard InChI is InChI=1S/C18H22N2OS/c1-2-19(13-17-8-5-11-22-17)14-18(21)20-10-9-15-6-3-4-7-16(15)12-20/h3-8,11H,2,9-10,12-14H2,1H3. The van der Waals surface area contributed by atoms with Gasteiger partial charge in [-0.2, -0.15) is 0 Å². The highest BCUT2D eigenvalue weighted by Crippen LogP contribution is 2.19. The Kier molecular flexibility index (Phi) is 4.90. The largest absolute Gasteiger partial charge is 0.337 e. The van der Waals surface area contributed by atoms with Gasteiger partial charge < -0.3 is 4.90 Å². The smallest absolute Gasteiger partial charge is 0.237 e. The molecule has 22 heavy (non-hydrogen) atoms. The normalized spacial score (nSPS) is 14.2.